The number of nitrogens with two attached hydrogens (primary N) is 1. The molecule has 4 N–H and O–H groups in total. The van der Waals surface area contributed by atoms with E-state index in [9.17, 15) is 24.5 Å². The third-order valence-electron chi connectivity index (χ3n) is 3.86. The standard InChI is InChI=1S/C19H20N4O7/c1-11(21-19(26)12-4-3-5-14(8-12)23(27)28)18(25)22-13-6-7-15(29-2)16(9-13)30-10-17(20)24/h3-9,11H,10H2,1-2H3,(H2,20,24)(H,21,26)(H,22,25). The molecule has 1 atom stereocenters. The van der Waals surface area contributed by atoms with Crippen molar-refractivity contribution in [2.45, 2.75) is 13.0 Å². The van der Waals surface area contributed by atoms with Crippen LogP contribution in [0.25, 0.3) is 0 Å². The van der Waals surface area contributed by atoms with Crippen molar-refractivity contribution in [3.05, 3.63) is 58.1 Å². The molecule has 0 saturated heterocycles. The summed E-state index contributed by atoms with van der Waals surface area (Å²) >= 11 is 0. The number of anilines is 1. The lowest BCUT2D eigenvalue weighted by Crippen LogP contribution is -2.41. The fourth-order valence-electron chi connectivity index (χ4n) is 2.37. The molecular weight excluding hydrogens is 396 g/mol. The van der Waals surface area contributed by atoms with Crippen LogP contribution in [0.4, 0.5) is 11.4 Å². The minimum atomic E-state index is -0.950. The smallest absolute Gasteiger partial charge is 0.270 e. The number of carbonyl (C=O) groups excluding carboxylic acids is 3. The maximum atomic E-state index is 12.4. The SMILES string of the molecule is COc1ccc(NC(=O)C(C)NC(=O)c2cccc([N+](=O)[O-])c2)cc1OCC(N)=O. The fraction of sp³-hybridized carbons (Fsp3) is 0.211. The highest BCUT2D eigenvalue weighted by atomic mass is 16.6. The van der Waals surface area contributed by atoms with Crippen LogP contribution >= 0.6 is 0 Å². The molecule has 158 valence electrons. The number of non-ortho nitro benzene ring substituents is 1. The Labute approximate surface area is 171 Å². The molecule has 0 saturated carbocycles. The average Bonchev–Trinajstić information content (AvgIpc) is 2.72. The van der Waals surface area contributed by atoms with Crippen LogP contribution < -0.4 is 25.8 Å². The Hall–Kier alpha value is -4.15. The van der Waals surface area contributed by atoms with E-state index in [4.69, 9.17) is 15.2 Å². The summed E-state index contributed by atoms with van der Waals surface area (Å²) in [7, 11) is 1.41. The molecule has 11 heteroatoms. The van der Waals surface area contributed by atoms with E-state index in [0.717, 1.165) is 6.07 Å². The van der Waals surface area contributed by atoms with Gasteiger partial charge < -0.3 is 25.8 Å². The van der Waals surface area contributed by atoms with E-state index < -0.39 is 28.7 Å². The molecule has 0 aliphatic heterocycles. The number of hydrogen-bond acceptors (Lipinski definition) is 7. The van der Waals surface area contributed by atoms with Crippen LogP contribution in [-0.4, -0.2) is 42.4 Å². The van der Waals surface area contributed by atoms with Gasteiger partial charge in [0.15, 0.2) is 18.1 Å². The number of carbonyl (C=O) groups is 3. The lowest BCUT2D eigenvalue weighted by atomic mass is 10.1. The third kappa shape index (κ3) is 5.92. The first-order chi connectivity index (χ1) is 14.2. The van der Waals surface area contributed by atoms with Crippen LogP contribution in [0.2, 0.25) is 0 Å². The van der Waals surface area contributed by atoms with Gasteiger partial charge in [0.05, 0.1) is 12.0 Å². The zero-order valence-electron chi connectivity index (χ0n) is 16.2. The zero-order chi connectivity index (χ0) is 22.3. The van der Waals surface area contributed by atoms with Gasteiger partial charge in [0.1, 0.15) is 6.04 Å². The first kappa shape index (κ1) is 22.1. The van der Waals surface area contributed by atoms with Crippen molar-refractivity contribution in [3.63, 3.8) is 0 Å². The van der Waals surface area contributed by atoms with Crippen LogP contribution in [0.3, 0.4) is 0 Å². The van der Waals surface area contributed by atoms with Crippen molar-refractivity contribution in [3.8, 4) is 11.5 Å². The van der Waals surface area contributed by atoms with Gasteiger partial charge in [-0.05, 0) is 25.1 Å². The summed E-state index contributed by atoms with van der Waals surface area (Å²) in [5.41, 5.74) is 5.21. The van der Waals surface area contributed by atoms with E-state index in [1.807, 2.05) is 0 Å². The normalized spacial score (nSPS) is 11.1. The molecule has 1 unspecified atom stereocenters. The summed E-state index contributed by atoms with van der Waals surface area (Å²) in [5.74, 6) is -1.33. The van der Waals surface area contributed by atoms with E-state index >= 15 is 0 Å². The number of nitro groups is 1. The third-order valence-corrected chi connectivity index (χ3v) is 3.86. The van der Waals surface area contributed by atoms with Crippen LogP contribution in [0.15, 0.2) is 42.5 Å². The molecule has 0 aromatic heterocycles. The first-order valence-corrected chi connectivity index (χ1v) is 8.66. The Kier molecular flexibility index (Phi) is 7.28. The van der Waals surface area contributed by atoms with E-state index in [0.29, 0.717) is 11.4 Å². The monoisotopic (exact) mass is 416 g/mol. The number of ether oxygens (including phenoxy) is 2. The van der Waals surface area contributed by atoms with E-state index in [1.54, 1.807) is 6.07 Å². The molecule has 2 aromatic rings. The summed E-state index contributed by atoms with van der Waals surface area (Å²) in [6, 6.07) is 8.71. The van der Waals surface area contributed by atoms with Gasteiger partial charge in [0.25, 0.3) is 17.5 Å². The minimum absolute atomic E-state index is 0.0513. The van der Waals surface area contributed by atoms with Gasteiger partial charge in [-0.25, -0.2) is 0 Å². The predicted molar refractivity (Wildman–Crippen MR) is 106 cm³/mol. The summed E-state index contributed by atoms with van der Waals surface area (Å²) in [4.78, 5) is 45.8. The highest BCUT2D eigenvalue weighted by Crippen LogP contribution is 2.30. The van der Waals surface area contributed by atoms with Gasteiger partial charge in [-0.1, -0.05) is 6.07 Å². The number of amides is 3. The van der Waals surface area contributed by atoms with Crippen molar-refractivity contribution in [1.82, 2.24) is 5.32 Å². The number of nitrogens with zero attached hydrogens (tertiary/aromatic N) is 1. The van der Waals surface area contributed by atoms with Gasteiger partial charge in [-0.15, -0.1) is 0 Å². The molecule has 0 radical (unpaired) electrons. The van der Waals surface area contributed by atoms with Gasteiger partial charge in [0, 0.05) is 29.4 Å². The lowest BCUT2D eigenvalue weighted by Gasteiger charge is -2.16. The molecule has 2 rings (SSSR count). The second kappa shape index (κ2) is 9.87. The molecule has 11 nitrogen and oxygen atoms in total. The highest BCUT2D eigenvalue weighted by molar-refractivity contribution is 6.01. The maximum absolute atomic E-state index is 12.4. The summed E-state index contributed by atoms with van der Waals surface area (Å²) < 4.78 is 10.4. The van der Waals surface area contributed by atoms with Crippen molar-refractivity contribution < 1.29 is 28.8 Å². The molecule has 2 aromatic carbocycles. The Bertz CT molecular complexity index is 977. The number of methoxy groups -OCH3 is 1. The number of nitrogens with one attached hydrogen (secondary N) is 2. The Morgan fingerprint density at radius 1 is 1.17 bits per heavy atom. The number of rotatable bonds is 9. The van der Waals surface area contributed by atoms with Gasteiger partial charge in [-0.2, -0.15) is 0 Å². The van der Waals surface area contributed by atoms with Gasteiger partial charge in [-0.3, -0.25) is 24.5 Å². The summed E-state index contributed by atoms with van der Waals surface area (Å²) in [6.45, 7) is 1.09. The second-order valence-corrected chi connectivity index (χ2v) is 6.11. The number of primary amides is 1. The first-order valence-electron chi connectivity index (χ1n) is 8.66. The van der Waals surface area contributed by atoms with Crippen molar-refractivity contribution in [2.75, 3.05) is 19.0 Å². The van der Waals surface area contributed by atoms with E-state index in [1.165, 1.54) is 44.4 Å². The molecule has 3 amide bonds. The molecule has 0 heterocycles. The van der Waals surface area contributed by atoms with Crippen molar-refractivity contribution in [2.24, 2.45) is 5.73 Å². The average molecular weight is 416 g/mol. The molecule has 0 spiro atoms. The summed E-state index contributed by atoms with van der Waals surface area (Å²) in [5, 5.41) is 15.9. The van der Waals surface area contributed by atoms with Crippen LogP contribution in [-0.2, 0) is 9.59 Å². The molecular formula is C19H20N4O7. The molecule has 30 heavy (non-hydrogen) atoms. The molecule has 0 aliphatic rings. The lowest BCUT2D eigenvalue weighted by molar-refractivity contribution is -0.384. The highest BCUT2D eigenvalue weighted by Gasteiger charge is 2.19. The fourth-order valence-corrected chi connectivity index (χ4v) is 2.37. The number of nitro benzene ring substituents is 1. The van der Waals surface area contributed by atoms with Crippen LogP contribution in [0.1, 0.15) is 17.3 Å². The van der Waals surface area contributed by atoms with Gasteiger partial charge in [0.2, 0.25) is 5.91 Å². The van der Waals surface area contributed by atoms with Crippen molar-refractivity contribution >= 4 is 29.1 Å². The Morgan fingerprint density at radius 3 is 2.53 bits per heavy atom. The largest absolute Gasteiger partial charge is 0.493 e. The number of hydrogen-bond donors (Lipinski definition) is 3. The van der Waals surface area contributed by atoms with E-state index in [-0.39, 0.29) is 23.6 Å². The second-order valence-electron chi connectivity index (χ2n) is 6.11. The Balaban J connectivity index is 2.05. The number of benzene rings is 2. The van der Waals surface area contributed by atoms with E-state index in [2.05, 4.69) is 10.6 Å². The van der Waals surface area contributed by atoms with Crippen LogP contribution in [0, 0.1) is 10.1 Å². The quantitative estimate of drug-likeness (QED) is 0.409. The predicted octanol–water partition coefficient (Wildman–Crippen LogP) is 1.22. The maximum Gasteiger partial charge on any atom is 0.270 e. The molecule has 0 fully saturated rings. The van der Waals surface area contributed by atoms with Gasteiger partial charge >= 0.3 is 0 Å². The molecule has 0 bridgehead atoms. The summed E-state index contributed by atoms with van der Waals surface area (Å²) in [6.07, 6.45) is 0. The minimum Gasteiger partial charge on any atom is -0.493 e. The topological polar surface area (TPSA) is 163 Å². The Morgan fingerprint density at radius 2 is 1.90 bits per heavy atom. The van der Waals surface area contributed by atoms with Crippen molar-refractivity contribution in [1.29, 1.82) is 0 Å². The zero-order valence-corrected chi connectivity index (χ0v) is 16.2. The van der Waals surface area contributed by atoms with Crippen LogP contribution in [0.5, 0.6) is 11.5 Å². The molecule has 0 aliphatic carbocycles.